The Morgan fingerprint density at radius 1 is 1.21 bits per heavy atom. The van der Waals surface area contributed by atoms with Gasteiger partial charge in [-0.1, -0.05) is 29.8 Å². The predicted octanol–water partition coefficient (Wildman–Crippen LogP) is 3.30. The molecule has 4 aromatic rings. The number of rotatable bonds is 4. The van der Waals surface area contributed by atoms with E-state index in [-0.39, 0.29) is 17.6 Å². The molecule has 0 spiro atoms. The van der Waals surface area contributed by atoms with Gasteiger partial charge < -0.3 is 15.6 Å². The van der Waals surface area contributed by atoms with Gasteiger partial charge in [-0.15, -0.1) is 0 Å². The highest BCUT2D eigenvalue weighted by atomic mass is 35.5. The number of aromatic amines is 1. The number of hydrogen-bond donors (Lipinski definition) is 3. The van der Waals surface area contributed by atoms with E-state index in [9.17, 15) is 9.59 Å². The Labute approximate surface area is 165 Å². The summed E-state index contributed by atoms with van der Waals surface area (Å²) in [6, 6.07) is 12.6. The first kappa shape index (κ1) is 18.1. The predicted molar refractivity (Wildman–Crippen MR) is 108 cm³/mol. The van der Waals surface area contributed by atoms with Crippen LogP contribution < -0.4 is 11.1 Å². The average molecular weight is 396 g/mol. The summed E-state index contributed by atoms with van der Waals surface area (Å²) in [6.45, 7) is 1.89. The van der Waals surface area contributed by atoms with Gasteiger partial charge in [0.05, 0.1) is 11.6 Å². The van der Waals surface area contributed by atoms with Gasteiger partial charge in [0, 0.05) is 28.4 Å². The molecule has 1 atom stereocenters. The molecule has 142 valence electrons. The van der Waals surface area contributed by atoms with E-state index >= 15 is 0 Å². The Morgan fingerprint density at radius 2 is 2.00 bits per heavy atom. The summed E-state index contributed by atoms with van der Waals surface area (Å²) in [4.78, 5) is 24.2. The van der Waals surface area contributed by atoms with Crippen molar-refractivity contribution in [2.75, 3.05) is 0 Å². The highest BCUT2D eigenvalue weighted by Gasteiger charge is 2.18. The fraction of sp³-hybridized carbons (Fsp3) is 0.150. The number of H-pyrrole nitrogens is 1. The van der Waals surface area contributed by atoms with Gasteiger partial charge in [0.25, 0.3) is 11.8 Å². The molecule has 0 saturated carbocycles. The summed E-state index contributed by atoms with van der Waals surface area (Å²) >= 11 is 6.06. The maximum Gasteiger partial charge on any atom is 0.269 e. The molecular formula is C20H18ClN5O2. The van der Waals surface area contributed by atoms with E-state index in [0.717, 1.165) is 16.5 Å². The van der Waals surface area contributed by atoms with Crippen molar-refractivity contribution in [2.45, 2.75) is 13.0 Å². The molecule has 0 aliphatic carbocycles. The number of carbonyl (C=O) groups is 2. The number of nitrogens with one attached hydrogen (secondary N) is 2. The van der Waals surface area contributed by atoms with Gasteiger partial charge in [0.2, 0.25) is 0 Å². The third kappa shape index (κ3) is 2.99. The first-order chi connectivity index (χ1) is 13.3. The largest absolute Gasteiger partial charge is 0.364 e. The first-order valence-electron chi connectivity index (χ1n) is 8.69. The lowest BCUT2D eigenvalue weighted by atomic mass is 10.1. The number of primary amides is 1. The van der Waals surface area contributed by atoms with Gasteiger partial charge in [0.15, 0.2) is 5.69 Å². The number of hydrogen-bond acceptors (Lipinski definition) is 3. The maximum absolute atomic E-state index is 12.8. The van der Waals surface area contributed by atoms with Crippen molar-refractivity contribution in [2.24, 2.45) is 12.8 Å². The van der Waals surface area contributed by atoms with Gasteiger partial charge in [-0.2, -0.15) is 5.10 Å². The van der Waals surface area contributed by atoms with Crippen LogP contribution in [0.15, 0.2) is 42.5 Å². The zero-order chi connectivity index (χ0) is 20.0. The number of nitrogens with zero attached hydrogens (tertiary/aromatic N) is 2. The molecule has 4 rings (SSSR count). The van der Waals surface area contributed by atoms with Crippen LogP contribution in [-0.4, -0.2) is 26.6 Å². The summed E-state index contributed by atoms with van der Waals surface area (Å²) in [5.74, 6) is -0.777. The molecule has 0 aliphatic rings. The lowest BCUT2D eigenvalue weighted by Crippen LogP contribution is -2.28. The van der Waals surface area contributed by atoms with E-state index in [2.05, 4.69) is 15.5 Å². The zero-order valence-corrected chi connectivity index (χ0v) is 16.0. The monoisotopic (exact) mass is 395 g/mol. The number of nitrogens with two attached hydrogens (primary N) is 1. The third-order valence-corrected chi connectivity index (χ3v) is 5.14. The second kappa shape index (κ2) is 6.69. The van der Waals surface area contributed by atoms with Crippen molar-refractivity contribution in [3.8, 4) is 0 Å². The third-order valence-electron chi connectivity index (χ3n) is 4.91. The van der Waals surface area contributed by atoms with Crippen molar-refractivity contribution in [3.63, 3.8) is 0 Å². The van der Waals surface area contributed by atoms with Crippen LogP contribution in [0.2, 0.25) is 5.02 Å². The molecule has 0 radical (unpaired) electrons. The van der Waals surface area contributed by atoms with E-state index in [1.165, 1.54) is 0 Å². The Balaban J connectivity index is 1.60. The number of benzene rings is 2. The molecule has 0 aliphatic heterocycles. The number of fused-ring (bicyclic) bond motifs is 2. The lowest BCUT2D eigenvalue weighted by molar-refractivity contribution is 0.0931. The molecule has 28 heavy (non-hydrogen) atoms. The molecule has 2 amide bonds. The van der Waals surface area contributed by atoms with Crippen LogP contribution in [0.4, 0.5) is 0 Å². The van der Waals surface area contributed by atoms with E-state index in [1.54, 1.807) is 12.1 Å². The van der Waals surface area contributed by atoms with Crippen molar-refractivity contribution in [3.05, 3.63) is 64.4 Å². The summed E-state index contributed by atoms with van der Waals surface area (Å²) in [5.41, 5.74) is 8.52. The molecular weight excluding hydrogens is 378 g/mol. The first-order valence-corrected chi connectivity index (χ1v) is 9.06. The van der Waals surface area contributed by atoms with Gasteiger partial charge in [-0.25, -0.2) is 0 Å². The number of amides is 2. The van der Waals surface area contributed by atoms with Gasteiger partial charge in [-0.05, 0) is 36.8 Å². The minimum Gasteiger partial charge on any atom is -0.364 e. The van der Waals surface area contributed by atoms with Gasteiger partial charge in [-0.3, -0.25) is 14.7 Å². The van der Waals surface area contributed by atoms with Crippen LogP contribution in [0, 0.1) is 0 Å². The van der Waals surface area contributed by atoms with E-state index in [4.69, 9.17) is 17.3 Å². The topological polar surface area (TPSA) is 106 Å². The standard InChI is InChI=1S/C20H18ClN5O2/c1-10(11-4-6-14-15(7-11)24-25-18(14)19(22)27)23-20(28)17-8-12-3-5-13(21)9-16(12)26(17)2/h3-10H,1-2H3,(H2,22,27)(H,23,28)(H,24,25). The Bertz CT molecular complexity index is 1240. The number of halogens is 1. The molecule has 0 saturated heterocycles. The summed E-state index contributed by atoms with van der Waals surface area (Å²) < 4.78 is 1.82. The zero-order valence-electron chi connectivity index (χ0n) is 15.3. The van der Waals surface area contributed by atoms with Crippen molar-refractivity contribution < 1.29 is 9.59 Å². The maximum atomic E-state index is 12.8. The van der Waals surface area contributed by atoms with Gasteiger partial charge in [0.1, 0.15) is 5.69 Å². The van der Waals surface area contributed by atoms with E-state index in [0.29, 0.717) is 21.6 Å². The minimum atomic E-state index is -0.587. The molecule has 2 aromatic carbocycles. The van der Waals surface area contributed by atoms with Crippen molar-refractivity contribution in [1.82, 2.24) is 20.1 Å². The summed E-state index contributed by atoms with van der Waals surface area (Å²) in [7, 11) is 1.83. The normalized spacial score (nSPS) is 12.4. The Morgan fingerprint density at radius 3 is 2.75 bits per heavy atom. The molecule has 8 heteroatoms. The molecule has 2 heterocycles. The van der Waals surface area contributed by atoms with E-state index in [1.807, 2.05) is 48.9 Å². The average Bonchev–Trinajstić information content (AvgIpc) is 3.22. The second-order valence-corrected chi connectivity index (χ2v) is 7.16. The quantitative estimate of drug-likeness (QED) is 0.493. The van der Waals surface area contributed by atoms with Crippen molar-refractivity contribution >= 4 is 45.2 Å². The lowest BCUT2D eigenvalue weighted by Gasteiger charge is -2.15. The van der Waals surface area contributed by atoms with Crippen LogP contribution in [0.3, 0.4) is 0 Å². The number of aromatic nitrogens is 3. The highest BCUT2D eigenvalue weighted by Crippen LogP contribution is 2.24. The fourth-order valence-corrected chi connectivity index (χ4v) is 3.54. The number of aryl methyl sites for hydroxylation is 1. The van der Waals surface area contributed by atoms with Crippen LogP contribution >= 0.6 is 11.6 Å². The van der Waals surface area contributed by atoms with Crippen LogP contribution in [-0.2, 0) is 7.05 Å². The summed E-state index contributed by atoms with van der Waals surface area (Å²) in [5, 5.41) is 12.0. The smallest absolute Gasteiger partial charge is 0.269 e. The minimum absolute atomic E-state index is 0.190. The molecule has 1 unspecified atom stereocenters. The summed E-state index contributed by atoms with van der Waals surface area (Å²) in [6.07, 6.45) is 0. The van der Waals surface area contributed by atoms with Crippen LogP contribution in [0.25, 0.3) is 21.8 Å². The fourth-order valence-electron chi connectivity index (χ4n) is 3.37. The molecule has 0 bridgehead atoms. The molecule has 7 nitrogen and oxygen atoms in total. The SMILES string of the molecule is CC(NC(=O)c1cc2ccc(Cl)cc2n1C)c1ccc2c(C(N)=O)n[nH]c2c1. The number of carbonyl (C=O) groups excluding carboxylic acids is 2. The molecule has 0 fully saturated rings. The van der Waals surface area contributed by atoms with E-state index < -0.39 is 5.91 Å². The Hall–Kier alpha value is -3.32. The van der Waals surface area contributed by atoms with Crippen LogP contribution in [0.1, 0.15) is 39.5 Å². The Kier molecular flexibility index (Phi) is 4.31. The van der Waals surface area contributed by atoms with Gasteiger partial charge >= 0.3 is 0 Å². The molecule has 4 N–H and O–H groups in total. The second-order valence-electron chi connectivity index (χ2n) is 6.73. The van der Waals surface area contributed by atoms with Crippen LogP contribution in [0.5, 0.6) is 0 Å². The van der Waals surface area contributed by atoms with Crippen molar-refractivity contribution in [1.29, 1.82) is 0 Å². The highest BCUT2D eigenvalue weighted by molar-refractivity contribution is 6.31. The molecule has 2 aromatic heterocycles.